The van der Waals surface area contributed by atoms with Gasteiger partial charge in [0.15, 0.2) is 5.82 Å². The monoisotopic (exact) mass is 787 g/mol. The van der Waals surface area contributed by atoms with Crippen LogP contribution in [0.5, 0.6) is 0 Å². The molecule has 12 rings (SSSR count). The Morgan fingerprint density at radius 2 is 1.22 bits per heavy atom. The predicted octanol–water partition coefficient (Wildman–Crippen LogP) is 12.0. The number of thiophene rings is 1. The lowest BCUT2D eigenvalue weighted by Gasteiger charge is -2.20. The molecule has 1 N–H and O–H groups in total. The number of hydrogen-bond donors (Lipinski definition) is 1. The number of nitrogens with zero attached hydrogens (tertiary/aromatic N) is 8. The number of H-pyrrole nitrogens is 1. The van der Waals surface area contributed by atoms with E-state index in [2.05, 4.69) is 88.8 Å². The van der Waals surface area contributed by atoms with Gasteiger partial charge in [-0.15, -0.1) is 11.3 Å². The maximum absolute atomic E-state index is 5.47. The van der Waals surface area contributed by atoms with Crippen LogP contribution in [0.3, 0.4) is 0 Å². The molecule has 12 aromatic rings. The minimum Gasteiger partial charge on any atom is -0.352 e. The highest BCUT2D eigenvalue weighted by Gasteiger charge is 2.33. The van der Waals surface area contributed by atoms with Crippen LogP contribution in [0.15, 0.2) is 171 Å². The van der Waals surface area contributed by atoms with Gasteiger partial charge in [0.2, 0.25) is 0 Å². The number of benzene rings is 5. The predicted molar refractivity (Wildman–Crippen MR) is 241 cm³/mol. The quantitative estimate of drug-likeness (QED) is 0.177. The number of nitrogens with one attached hydrogen (secondary N) is 1. The summed E-state index contributed by atoms with van der Waals surface area (Å²) in [7, 11) is 0. The third kappa shape index (κ3) is 5.46. The normalized spacial score (nSPS) is 11.7. The number of aromatic nitrogens is 9. The molecule has 9 nitrogen and oxygen atoms in total. The Hall–Kier alpha value is -8.08. The van der Waals surface area contributed by atoms with Crippen LogP contribution in [-0.4, -0.2) is 44.9 Å². The molecule has 0 bridgehead atoms. The minimum absolute atomic E-state index is 0.526. The summed E-state index contributed by atoms with van der Waals surface area (Å²) in [6, 6.07) is 43.4. The van der Waals surface area contributed by atoms with Gasteiger partial charge >= 0.3 is 0 Å². The highest BCUT2D eigenvalue weighted by molar-refractivity contribution is 7.22. The first-order valence-electron chi connectivity index (χ1n) is 19.5. The molecule has 0 saturated carbocycles. The van der Waals surface area contributed by atoms with Crippen LogP contribution in [0.25, 0.3) is 121 Å². The summed E-state index contributed by atoms with van der Waals surface area (Å²) < 4.78 is 1.16. The van der Waals surface area contributed by atoms with Gasteiger partial charge in [0.05, 0.1) is 62.8 Å². The van der Waals surface area contributed by atoms with Gasteiger partial charge in [-0.05, 0) is 59.3 Å². The lowest BCUT2D eigenvalue weighted by Crippen LogP contribution is -2.01. The lowest BCUT2D eigenvalue weighted by atomic mass is 9.85. The molecule has 60 heavy (non-hydrogen) atoms. The van der Waals surface area contributed by atoms with E-state index in [-0.39, 0.29) is 0 Å². The summed E-state index contributed by atoms with van der Waals surface area (Å²) in [4.78, 5) is 45.4. The summed E-state index contributed by atoms with van der Waals surface area (Å²) in [5.74, 6) is 0.526. The Morgan fingerprint density at radius 3 is 2.07 bits per heavy atom. The smallest absolute Gasteiger partial charge is 0.161 e. The minimum atomic E-state index is 0.526. The largest absolute Gasteiger partial charge is 0.352 e. The molecule has 7 aromatic heterocycles. The summed E-state index contributed by atoms with van der Waals surface area (Å²) in [6.07, 6.45) is 12.5. The Kier molecular flexibility index (Phi) is 7.82. The van der Waals surface area contributed by atoms with Gasteiger partial charge in [-0.3, -0.25) is 19.9 Å². The van der Waals surface area contributed by atoms with Gasteiger partial charge in [-0.1, -0.05) is 78.9 Å². The maximum atomic E-state index is 5.47. The number of rotatable bonds is 6. The Morgan fingerprint density at radius 1 is 0.450 bits per heavy atom. The van der Waals surface area contributed by atoms with Crippen LogP contribution in [0, 0.1) is 0 Å². The van der Waals surface area contributed by atoms with Gasteiger partial charge in [-0.25, -0.2) is 19.9 Å². The first-order valence-corrected chi connectivity index (χ1v) is 20.3. The molecule has 5 aromatic carbocycles. The van der Waals surface area contributed by atoms with Crippen molar-refractivity contribution in [1.29, 1.82) is 0 Å². The van der Waals surface area contributed by atoms with Gasteiger partial charge in [-0.2, -0.15) is 0 Å². The second-order valence-corrected chi connectivity index (χ2v) is 15.5. The molecule has 0 radical (unpaired) electrons. The lowest BCUT2D eigenvalue weighted by molar-refractivity contribution is 1.17. The van der Waals surface area contributed by atoms with Gasteiger partial charge in [0, 0.05) is 79.0 Å². The van der Waals surface area contributed by atoms with Crippen molar-refractivity contribution >= 4 is 65.0 Å². The first kappa shape index (κ1) is 34.0. The molecule has 0 spiro atoms. The molecule has 0 atom stereocenters. The summed E-state index contributed by atoms with van der Waals surface area (Å²) in [6.45, 7) is 0. The summed E-state index contributed by atoms with van der Waals surface area (Å²) >= 11 is 1.73. The molecule has 0 aliphatic heterocycles. The number of fused-ring (bicyclic) bond motifs is 5. The van der Waals surface area contributed by atoms with Gasteiger partial charge in [0.1, 0.15) is 5.69 Å². The van der Waals surface area contributed by atoms with Gasteiger partial charge in [0.25, 0.3) is 0 Å². The zero-order valence-corrected chi connectivity index (χ0v) is 32.5. The summed E-state index contributed by atoms with van der Waals surface area (Å²) in [5, 5.41) is 5.13. The molecule has 0 unspecified atom stereocenters. The molecule has 0 amide bonds. The van der Waals surface area contributed by atoms with Crippen LogP contribution in [0.4, 0.5) is 0 Å². The molecule has 10 heteroatoms. The SMILES string of the molecule is c1cnc(-c2c(-c3cnccn3)c(-c3cc4ccccc4s3)c(-c3ccc4ccccc4n3)c3c(-c4nccc5ccccc45)c(-c4cnc5ccccc5n4)[nH]c23)nc1. The molecule has 7 heterocycles. The third-order valence-electron chi connectivity index (χ3n) is 11.0. The average Bonchev–Trinajstić information content (AvgIpc) is 3.93. The van der Waals surface area contributed by atoms with Crippen molar-refractivity contribution in [3.63, 3.8) is 0 Å². The van der Waals surface area contributed by atoms with Crippen LogP contribution in [0.2, 0.25) is 0 Å². The van der Waals surface area contributed by atoms with E-state index in [0.29, 0.717) is 17.2 Å². The summed E-state index contributed by atoms with van der Waals surface area (Å²) in [5.41, 5.74) is 11.2. The molecule has 0 aliphatic carbocycles. The van der Waals surface area contributed by atoms with E-state index < -0.39 is 0 Å². The van der Waals surface area contributed by atoms with Gasteiger partial charge < -0.3 is 4.98 Å². The van der Waals surface area contributed by atoms with Crippen molar-refractivity contribution < 1.29 is 0 Å². The van der Waals surface area contributed by atoms with E-state index in [0.717, 1.165) is 103 Å². The number of para-hydroxylation sites is 3. The fourth-order valence-electron chi connectivity index (χ4n) is 8.41. The fourth-order valence-corrected chi connectivity index (χ4v) is 9.53. The zero-order valence-electron chi connectivity index (χ0n) is 31.7. The Bertz CT molecular complexity index is 3580. The highest BCUT2D eigenvalue weighted by atomic mass is 32.1. The molecule has 0 aliphatic rings. The van der Waals surface area contributed by atoms with Crippen molar-refractivity contribution in [1.82, 2.24) is 44.9 Å². The van der Waals surface area contributed by atoms with Crippen molar-refractivity contribution in [2.24, 2.45) is 0 Å². The van der Waals surface area contributed by atoms with Crippen LogP contribution >= 0.6 is 11.3 Å². The first-order chi connectivity index (χ1) is 29.8. The average molecular weight is 788 g/mol. The van der Waals surface area contributed by atoms with Crippen LogP contribution in [0.1, 0.15) is 0 Å². The van der Waals surface area contributed by atoms with E-state index in [9.17, 15) is 0 Å². The fraction of sp³-hybridized carbons (Fsp3) is 0. The van der Waals surface area contributed by atoms with Crippen molar-refractivity contribution in [2.45, 2.75) is 0 Å². The molecule has 0 saturated heterocycles. The van der Waals surface area contributed by atoms with Crippen molar-refractivity contribution in [3.05, 3.63) is 171 Å². The van der Waals surface area contributed by atoms with Crippen LogP contribution in [-0.2, 0) is 0 Å². The second-order valence-electron chi connectivity index (χ2n) is 14.5. The molecular formula is C50H29N9S. The Balaban J connectivity index is 1.37. The van der Waals surface area contributed by atoms with E-state index in [1.54, 1.807) is 36.1 Å². The zero-order chi connectivity index (χ0) is 39.6. The van der Waals surface area contributed by atoms with Crippen molar-refractivity contribution in [2.75, 3.05) is 0 Å². The second kappa shape index (κ2) is 13.8. The van der Waals surface area contributed by atoms with E-state index in [1.165, 1.54) is 0 Å². The third-order valence-corrected chi connectivity index (χ3v) is 12.1. The topological polar surface area (TPSA) is 119 Å². The van der Waals surface area contributed by atoms with E-state index in [4.69, 9.17) is 34.9 Å². The van der Waals surface area contributed by atoms with Crippen molar-refractivity contribution in [3.8, 4) is 67.0 Å². The van der Waals surface area contributed by atoms with E-state index >= 15 is 0 Å². The standard InChI is InChI=1S/C50H29N9S/c1-4-13-32-29(10-1)20-23-53-47(32)45-44-41(36-19-18-30-11-2-5-14-33(30)57-36)43(40-26-31-12-3-8-17-39(31)60-40)42(37-27-51-24-25-52-37)46(50-54-21-9-22-55-50)49(44)59-48(45)38-28-56-34-15-6-7-16-35(34)58-38/h1-28,59H. The number of pyridine rings is 2. The maximum Gasteiger partial charge on any atom is 0.161 e. The number of aromatic amines is 1. The number of hydrogen-bond acceptors (Lipinski definition) is 9. The molecular weight excluding hydrogens is 759 g/mol. The molecule has 0 fully saturated rings. The van der Waals surface area contributed by atoms with E-state index in [1.807, 2.05) is 67.1 Å². The molecule has 280 valence electrons. The Labute approximate surface area is 346 Å². The highest BCUT2D eigenvalue weighted by Crippen LogP contribution is 2.55. The van der Waals surface area contributed by atoms with Crippen LogP contribution < -0.4 is 0 Å².